The second kappa shape index (κ2) is 13.1. The Morgan fingerprint density at radius 1 is 0.426 bits per heavy atom. The molecule has 2 aliphatic carbocycles. The maximum absolute atomic E-state index is 10.3. The van der Waals surface area contributed by atoms with Crippen LogP contribution >= 0.6 is 0 Å². The topological polar surface area (TPSA) is 3.24 Å². The number of hydrogen-bond donors (Lipinski definition) is 0. The Balaban J connectivity index is 1.22. The molecule has 2 aliphatic rings. The van der Waals surface area contributed by atoms with E-state index in [1.165, 1.54) is 6.07 Å². The van der Waals surface area contributed by atoms with Crippen LogP contribution in [0.4, 0.5) is 17.1 Å². The van der Waals surface area contributed by atoms with Crippen molar-refractivity contribution < 1.29 is 28.8 Å². The molecule has 0 heterocycles. The first-order valence-electron chi connectivity index (χ1n) is 30.4. The van der Waals surface area contributed by atoms with Gasteiger partial charge in [-0.25, -0.2) is 0 Å². The summed E-state index contributed by atoms with van der Waals surface area (Å²) in [5.74, 6) is 0. The van der Waals surface area contributed by atoms with Crippen LogP contribution in [0.1, 0.15) is 78.6 Å². The average molecular weight is 801 g/mol. The zero-order valence-electron chi connectivity index (χ0n) is 53.8. The van der Waals surface area contributed by atoms with Crippen molar-refractivity contribution in [1.29, 1.82) is 0 Å². The maximum Gasteiger partial charge on any atom is 0.0648 e. The molecular formula is C60H45N. The minimum atomic E-state index is -3.77. The lowest BCUT2D eigenvalue weighted by atomic mass is 9.81. The molecular weight excluding hydrogens is 735 g/mol. The summed E-state index contributed by atoms with van der Waals surface area (Å²) in [4.78, 5) is 1.11. The van der Waals surface area contributed by atoms with Crippen LogP contribution in [0.15, 0.2) is 200 Å². The molecule has 0 radical (unpaired) electrons. The number of rotatable bonds is 5. The smallest absolute Gasteiger partial charge is 0.0648 e. The summed E-state index contributed by atoms with van der Waals surface area (Å²) in [7, 11) is 0. The predicted octanol–water partition coefficient (Wildman–Crippen LogP) is 16.6. The lowest BCUT2D eigenvalue weighted by Gasteiger charge is -2.30. The molecule has 0 N–H and O–H groups in total. The van der Waals surface area contributed by atoms with Crippen LogP contribution in [0, 0.1) is 0 Å². The molecule has 0 amide bonds. The number of benzene rings is 10. The van der Waals surface area contributed by atoms with Crippen LogP contribution in [0.2, 0.25) is 0 Å². The van der Waals surface area contributed by atoms with Crippen molar-refractivity contribution in [3.8, 4) is 44.5 Å². The fourth-order valence-corrected chi connectivity index (χ4v) is 9.53. The molecule has 0 saturated heterocycles. The normalized spacial score (nSPS) is 19.5. The average Bonchev–Trinajstić information content (AvgIpc) is 2.82. The van der Waals surface area contributed by atoms with Crippen LogP contribution in [0.25, 0.3) is 76.8 Å². The van der Waals surface area contributed by atoms with Crippen LogP contribution in [-0.2, 0) is 10.8 Å². The quantitative estimate of drug-likeness (QED) is 0.157. The summed E-state index contributed by atoms with van der Waals surface area (Å²) in [5.41, 5.74) is -0.506. The number of anilines is 3. The first-order chi connectivity index (χ1) is 38.5. The van der Waals surface area contributed by atoms with Gasteiger partial charge in [0.1, 0.15) is 0 Å². The number of fused-ring (bicyclic) bond motifs is 10. The van der Waals surface area contributed by atoms with Crippen LogP contribution in [0.5, 0.6) is 0 Å². The van der Waals surface area contributed by atoms with E-state index in [-0.39, 0.29) is 27.6 Å². The zero-order chi connectivity index (χ0) is 59.1. The van der Waals surface area contributed by atoms with E-state index in [0.29, 0.717) is 5.56 Å². The van der Waals surface area contributed by atoms with Gasteiger partial charge in [0.15, 0.2) is 0 Å². The molecule has 0 aliphatic heterocycles. The van der Waals surface area contributed by atoms with Gasteiger partial charge in [-0.2, -0.15) is 0 Å². The summed E-state index contributed by atoms with van der Waals surface area (Å²) in [5, 5.41) is 0.514. The van der Waals surface area contributed by atoms with E-state index < -0.39 is 148 Å². The molecule has 0 aromatic heterocycles. The van der Waals surface area contributed by atoms with Gasteiger partial charge in [-0.15, -0.1) is 0 Å². The van der Waals surface area contributed by atoms with E-state index in [1.54, 1.807) is 24.3 Å². The lowest BCUT2D eigenvalue weighted by molar-refractivity contribution is 0.660. The maximum atomic E-state index is 10.3. The minimum Gasteiger partial charge on any atom is -0.310 e. The molecule has 0 fully saturated rings. The van der Waals surface area contributed by atoms with E-state index in [9.17, 15) is 8.22 Å². The third-order valence-electron chi connectivity index (χ3n) is 12.4. The van der Waals surface area contributed by atoms with Gasteiger partial charge in [0, 0.05) is 35.8 Å². The zero-order valence-corrected chi connectivity index (χ0v) is 32.8. The van der Waals surface area contributed by atoms with Gasteiger partial charge in [0.05, 0.1) is 26.2 Å². The predicted molar refractivity (Wildman–Crippen MR) is 260 cm³/mol. The molecule has 10 aromatic rings. The molecule has 0 unspecified atom stereocenters. The molecule has 61 heavy (non-hydrogen) atoms. The van der Waals surface area contributed by atoms with Crippen LogP contribution in [-0.4, -0.2) is 0 Å². The lowest BCUT2D eigenvalue weighted by Crippen LogP contribution is -2.16. The Morgan fingerprint density at radius 3 is 2.00 bits per heavy atom. The van der Waals surface area contributed by atoms with E-state index in [1.807, 2.05) is 54.6 Å². The Labute approximate surface area is 387 Å². The highest BCUT2D eigenvalue weighted by molar-refractivity contribution is 6.15. The molecule has 0 spiro atoms. The summed E-state index contributed by atoms with van der Waals surface area (Å²) in [6.45, 7) is -3.15. The third-order valence-corrected chi connectivity index (χ3v) is 12.4. The molecule has 290 valence electrons. The van der Waals surface area contributed by atoms with Gasteiger partial charge in [0.25, 0.3) is 0 Å². The van der Waals surface area contributed by atoms with E-state index in [0.717, 1.165) is 54.6 Å². The van der Waals surface area contributed by atoms with Crippen molar-refractivity contribution in [1.82, 2.24) is 0 Å². The Hall–Kier alpha value is -7.22. The van der Waals surface area contributed by atoms with Gasteiger partial charge < -0.3 is 4.90 Å². The van der Waals surface area contributed by atoms with Crippen molar-refractivity contribution >= 4 is 49.4 Å². The summed E-state index contributed by atoms with van der Waals surface area (Å²) in [6.07, 6.45) is 0. The molecule has 10 aromatic carbocycles. The molecule has 0 atom stereocenters. The first kappa shape index (κ1) is 20.4. The highest BCUT2D eigenvalue weighted by atomic mass is 15.1. The second-order valence-electron chi connectivity index (χ2n) is 16.0. The van der Waals surface area contributed by atoms with Crippen LogP contribution < -0.4 is 4.90 Å². The van der Waals surface area contributed by atoms with E-state index >= 15 is 0 Å². The Bertz CT molecular complexity index is 4510. The summed E-state index contributed by atoms with van der Waals surface area (Å²) in [6, 6.07) is 21.7. The number of hydrogen-bond acceptors (Lipinski definition) is 1. The van der Waals surface area contributed by atoms with Gasteiger partial charge in [-0.3, -0.25) is 0 Å². The molecule has 12 rings (SSSR count). The van der Waals surface area contributed by atoms with Crippen LogP contribution in [0.3, 0.4) is 0 Å². The largest absolute Gasteiger partial charge is 0.310 e. The van der Waals surface area contributed by atoms with Crippen molar-refractivity contribution in [3.05, 3.63) is 222 Å². The highest BCUT2D eigenvalue weighted by Gasteiger charge is 2.38. The summed E-state index contributed by atoms with van der Waals surface area (Å²) >= 11 is 0. The van der Waals surface area contributed by atoms with E-state index in [2.05, 4.69) is 38.1 Å². The molecule has 0 saturated carbocycles. The Kier molecular flexibility index (Phi) is 4.39. The molecule has 1 heteroatoms. The van der Waals surface area contributed by atoms with Crippen molar-refractivity contribution in [2.24, 2.45) is 0 Å². The van der Waals surface area contributed by atoms with Gasteiger partial charge in [-0.05, 0) is 124 Å². The van der Waals surface area contributed by atoms with Crippen molar-refractivity contribution in [2.75, 3.05) is 4.90 Å². The highest BCUT2D eigenvalue weighted by Crippen LogP contribution is 2.55. The molecule has 0 bridgehead atoms. The summed E-state index contributed by atoms with van der Waals surface area (Å²) < 4.78 is 192. The van der Waals surface area contributed by atoms with E-state index in [4.69, 9.17) is 20.6 Å². The fraction of sp³-hybridized carbons (Fsp3) is 0.100. The van der Waals surface area contributed by atoms with Gasteiger partial charge in [-0.1, -0.05) is 197 Å². The number of nitrogens with zero attached hydrogens (tertiary/aromatic N) is 1. The second-order valence-corrected chi connectivity index (χ2v) is 16.0. The molecule has 1 nitrogen and oxygen atoms in total. The SMILES string of the molecule is [2H]c1c([2H])c([2H])c2c(c1[2H])-c1c([2H])c([2H])c(N(c3ccc(-c4ccc5ccccc5c4-c4cccc5c4-c4ccccc4C5(C)C)cc3)c3cc4c([2H])c([2H])c([2H])c([2H])c4c4c([2H])c([2H])c([2H])c([2H])c34)c([2H])c1C2(C([2H])([2H])[2H])C([2H])([2H])[2H]. The Morgan fingerprint density at radius 2 is 1.13 bits per heavy atom. The van der Waals surface area contributed by atoms with Gasteiger partial charge >= 0.3 is 0 Å². The minimum absolute atomic E-state index is 0.0225. The first-order valence-corrected chi connectivity index (χ1v) is 19.9. The van der Waals surface area contributed by atoms with Gasteiger partial charge in [0.2, 0.25) is 0 Å². The van der Waals surface area contributed by atoms with Crippen molar-refractivity contribution in [3.63, 3.8) is 0 Å². The third kappa shape index (κ3) is 5.20. The standard InChI is InChI=1S/C60H45N/c1-59(2)53-26-14-12-23-50(53)58-51(24-15-27-54(58)59)57-44-19-8-5-16-38(44)30-34-45(57)39-28-31-41(32-29-39)61(56-36-40-17-6-7-18-43(40)46-20-9-10-22-49(46)56)42-33-35-48-47-21-11-13-25-52(47)60(3,4)55(48)37-42/h5-37H,1-4H3/i3D3,4D3,6D,7D,9D,10D,11D,13D,17D,18D,20D,21D,22D,25D,33D,35D,37D. The fourth-order valence-electron chi connectivity index (χ4n) is 9.53. The van der Waals surface area contributed by atoms with Crippen molar-refractivity contribution in [2.45, 2.75) is 38.4 Å². The monoisotopic (exact) mass is 800 g/mol.